The van der Waals surface area contributed by atoms with Gasteiger partial charge >= 0.3 is 0 Å². The largest absolute Gasteiger partial charge is 0.497 e. The fourth-order valence-electron chi connectivity index (χ4n) is 3.05. The minimum absolute atomic E-state index is 0.242. The summed E-state index contributed by atoms with van der Waals surface area (Å²) < 4.78 is 19.2. The molecular formula is C15H22FNO. The van der Waals surface area contributed by atoms with Crippen molar-refractivity contribution in [2.24, 2.45) is 11.7 Å². The average molecular weight is 251 g/mol. The van der Waals surface area contributed by atoms with Crippen LogP contribution in [0.15, 0.2) is 18.2 Å². The van der Waals surface area contributed by atoms with Crippen LogP contribution in [0, 0.1) is 11.7 Å². The molecule has 0 heterocycles. The van der Waals surface area contributed by atoms with Gasteiger partial charge in [0.1, 0.15) is 11.6 Å². The third-order valence-corrected chi connectivity index (χ3v) is 4.18. The zero-order valence-electron chi connectivity index (χ0n) is 11.2. The zero-order valence-corrected chi connectivity index (χ0v) is 11.2. The molecule has 0 bridgehead atoms. The van der Waals surface area contributed by atoms with E-state index in [1.165, 1.54) is 12.5 Å². The van der Waals surface area contributed by atoms with Gasteiger partial charge in [-0.3, -0.25) is 0 Å². The molecule has 18 heavy (non-hydrogen) atoms. The summed E-state index contributed by atoms with van der Waals surface area (Å²) in [7, 11) is 1.54. The Morgan fingerprint density at radius 3 is 2.89 bits per heavy atom. The molecule has 0 aromatic heterocycles. The number of ether oxygens (including phenoxy) is 1. The van der Waals surface area contributed by atoms with Gasteiger partial charge in [0.15, 0.2) is 0 Å². The van der Waals surface area contributed by atoms with Crippen LogP contribution in [0.2, 0.25) is 0 Å². The van der Waals surface area contributed by atoms with Gasteiger partial charge in [-0.2, -0.15) is 0 Å². The molecule has 3 heteroatoms. The van der Waals surface area contributed by atoms with Crippen molar-refractivity contribution in [2.75, 3.05) is 7.11 Å². The van der Waals surface area contributed by atoms with Crippen LogP contribution >= 0.6 is 0 Å². The molecule has 0 spiro atoms. The topological polar surface area (TPSA) is 35.2 Å². The molecule has 1 aromatic carbocycles. The van der Waals surface area contributed by atoms with E-state index >= 15 is 0 Å². The summed E-state index contributed by atoms with van der Waals surface area (Å²) in [6, 6.07) is 5.01. The maximum atomic E-state index is 14.1. The van der Waals surface area contributed by atoms with E-state index in [-0.39, 0.29) is 5.82 Å². The summed E-state index contributed by atoms with van der Waals surface area (Å²) in [5, 5.41) is 0. The van der Waals surface area contributed by atoms with E-state index in [9.17, 15) is 4.39 Å². The highest BCUT2D eigenvalue weighted by atomic mass is 19.1. The summed E-state index contributed by atoms with van der Waals surface area (Å²) in [6.45, 7) is 2.18. The van der Waals surface area contributed by atoms with Crippen molar-refractivity contribution in [1.29, 1.82) is 0 Å². The first-order chi connectivity index (χ1) is 8.59. The Labute approximate surface area is 108 Å². The lowest BCUT2D eigenvalue weighted by Crippen LogP contribution is -2.42. The molecule has 2 rings (SSSR count). The molecule has 0 radical (unpaired) electrons. The lowest BCUT2D eigenvalue weighted by Gasteiger charge is -2.38. The van der Waals surface area contributed by atoms with Crippen LogP contribution < -0.4 is 10.5 Å². The summed E-state index contributed by atoms with van der Waals surface area (Å²) in [5.74, 6) is 0.918. The van der Waals surface area contributed by atoms with Crippen LogP contribution in [0.4, 0.5) is 4.39 Å². The SMILES string of the molecule is CCC1CCCC(N)(c2ccc(OC)cc2F)C1. The average Bonchev–Trinajstić information content (AvgIpc) is 2.38. The molecule has 2 nitrogen and oxygen atoms in total. The summed E-state index contributed by atoms with van der Waals surface area (Å²) >= 11 is 0. The van der Waals surface area contributed by atoms with E-state index in [1.807, 2.05) is 0 Å². The summed E-state index contributed by atoms with van der Waals surface area (Å²) in [5.41, 5.74) is 6.59. The van der Waals surface area contributed by atoms with Gasteiger partial charge in [-0.25, -0.2) is 4.39 Å². The Bertz CT molecular complexity index is 421. The van der Waals surface area contributed by atoms with E-state index in [2.05, 4.69) is 6.92 Å². The number of rotatable bonds is 3. The van der Waals surface area contributed by atoms with Crippen molar-refractivity contribution in [2.45, 2.75) is 44.6 Å². The molecule has 2 atom stereocenters. The zero-order chi connectivity index (χ0) is 13.2. The molecule has 1 aliphatic rings. The molecule has 0 amide bonds. The van der Waals surface area contributed by atoms with Gasteiger partial charge in [0.2, 0.25) is 0 Å². The fraction of sp³-hybridized carbons (Fsp3) is 0.600. The van der Waals surface area contributed by atoms with E-state index in [0.29, 0.717) is 17.2 Å². The minimum atomic E-state index is -0.505. The second kappa shape index (κ2) is 5.27. The minimum Gasteiger partial charge on any atom is -0.497 e. The lowest BCUT2D eigenvalue weighted by molar-refractivity contribution is 0.216. The first kappa shape index (κ1) is 13.3. The monoisotopic (exact) mass is 251 g/mol. The highest BCUT2D eigenvalue weighted by Crippen LogP contribution is 2.40. The van der Waals surface area contributed by atoms with Crippen LogP contribution in [0.3, 0.4) is 0 Å². The van der Waals surface area contributed by atoms with Crippen LogP contribution in [-0.4, -0.2) is 7.11 Å². The first-order valence-electron chi connectivity index (χ1n) is 6.72. The Morgan fingerprint density at radius 1 is 1.50 bits per heavy atom. The third-order valence-electron chi connectivity index (χ3n) is 4.18. The summed E-state index contributed by atoms with van der Waals surface area (Å²) in [4.78, 5) is 0. The van der Waals surface area contributed by atoms with Gasteiger partial charge in [0.05, 0.1) is 7.11 Å². The molecular weight excluding hydrogens is 229 g/mol. The maximum absolute atomic E-state index is 14.1. The second-order valence-electron chi connectivity index (χ2n) is 5.37. The van der Waals surface area contributed by atoms with Gasteiger partial charge in [0.25, 0.3) is 0 Å². The van der Waals surface area contributed by atoms with Crippen molar-refractivity contribution >= 4 is 0 Å². The Balaban J connectivity index is 2.29. The predicted octanol–water partition coefficient (Wildman–Crippen LogP) is 3.59. The number of hydrogen-bond acceptors (Lipinski definition) is 2. The molecule has 2 unspecified atom stereocenters. The van der Waals surface area contributed by atoms with Crippen LogP contribution in [0.25, 0.3) is 0 Å². The number of methoxy groups -OCH3 is 1. The van der Waals surface area contributed by atoms with Crippen LogP contribution in [-0.2, 0) is 5.54 Å². The molecule has 1 aliphatic carbocycles. The van der Waals surface area contributed by atoms with Crippen molar-refractivity contribution < 1.29 is 9.13 Å². The smallest absolute Gasteiger partial charge is 0.131 e. The Morgan fingerprint density at radius 2 is 2.28 bits per heavy atom. The van der Waals surface area contributed by atoms with Crippen LogP contribution in [0.1, 0.15) is 44.6 Å². The van der Waals surface area contributed by atoms with Crippen molar-refractivity contribution in [3.05, 3.63) is 29.6 Å². The van der Waals surface area contributed by atoms with E-state index in [1.54, 1.807) is 19.2 Å². The maximum Gasteiger partial charge on any atom is 0.131 e. The fourth-order valence-corrected chi connectivity index (χ4v) is 3.05. The number of halogens is 1. The molecule has 0 aliphatic heterocycles. The predicted molar refractivity (Wildman–Crippen MR) is 71.1 cm³/mol. The van der Waals surface area contributed by atoms with Crippen LogP contribution in [0.5, 0.6) is 5.75 Å². The molecule has 2 N–H and O–H groups in total. The van der Waals surface area contributed by atoms with Crippen molar-refractivity contribution in [3.63, 3.8) is 0 Å². The highest BCUT2D eigenvalue weighted by Gasteiger charge is 2.35. The quantitative estimate of drug-likeness (QED) is 0.891. The standard InChI is InChI=1S/C15H22FNO/c1-3-11-5-4-8-15(17,10-11)13-7-6-12(18-2)9-14(13)16/h6-7,9,11H,3-5,8,10,17H2,1-2H3. The number of benzene rings is 1. The van der Waals surface area contributed by atoms with E-state index in [4.69, 9.17) is 10.5 Å². The van der Waals surface area contributed by atoms with Gasteiger partial charge in [-0.1, -0.05) is 32.3 Å². The first-order valence-corrected chi connectivity index (χ1v) is 6.72. The molecule has 1 saturated carbocycles. The number of nitrogens with two attached hydrogens (primary N) is 1. The van der Waals surface area contributed by atoms with E-state index in [0.717, 1.165) is 25.7 Å². The van der Waals surface area contributed by atoms with Crippen molar-refractivity contribution in [1.82, 2.24) is 0 Å². The normalized spacial score (nSPS) is 28.1. The van der Waals surface area contributed by atoms with Gasteiger partial charge in [-0.15, -0.1) is 0 Å². The molecule has 1 fully saturated rings. The molecule has 100 valence electrons. The van der Waals surface area contributed by atoms with Gasteiger partial charge < -0.3 is 10.5 Å². The lowest BCUT2D eigenvalue weighted by atomic mass is 9.71. The summed E-state index contributed by atoms with van der Waals surface area (Å²) in [6.07, 6.45) is 5.17. The molecule has 0 saturated heterocycles. The van der Waals surface area contributed by atoms with E-state index < -0.39 is 5.54 Å². The third kappa shape index (κ3) is 2.51. The Hall–Kier alpha value is -1.09. The highest BCUT2D eigenvalue weighted by molar-refractivity contribution is 5.33. The molecule has 1 aromatic rings. The Kier molecular flexibility index (Phi) is 3.91. The number of hydrogen-bond donors (Lipinski definition) is 1. The second-order valence-corrected chi connectivity index (χ2v) is 5.37. The van der Waals surface area contributed by atoms with Crippen molar-refractivity contribution in [3.8, 4) is 5.75 Å². The van der Waals surface area contributed by atoms with Gasteiger partial charge in [-0.05, 0) is 24.8 Å². The van der Waals surface area contributed by atoms with Gasteiger partial charge in [0, 0.05) is 17.2 Å².